The largest absolute Gasteiger partial charge is 0.478 e. The lowest BCUT2D eigenvalue weighted by Gasteiger charge is -2.26. The molecule has 0 spiro atoms. The number of halogens is 1. The van der Waals surface area contributed by atoms with E-state index in [1.54, 1.807) is 13.8 Å². The van der Waals surface area contributed by atoms with E-state index in [-0.39, 0.29) is 30.4 Å². The predicted molar refractivity (Wildman–Crippen MR) is 71.3 cm³/mol. The van der Waals surface area contributed by atoms with Crippen LogP contribution >= 0.6 is 0 Å². The normalized spacial score (nSPS) is 10.4. The van der Waals surface area contributed by atoms with Gasteiger partial charge in [-0.3, -0.25) is 0 Å². The highest BCUT2D eigenvalue weighted by atomic mass is 19.1. The van der Waals surface area contributed by atoms with Gasteiger partial charge in [-0.2, -0.15) is 0 Å². The van der Waals surface area contributed by atoms with Gasteiger partial charge in [-0.15, -0.1) is 0 Å². The molecule has 0 unspecified atom stereocenters. The number of aliphatic hydroxyl groups excluding tert-OH is 1. The number of anilines is 1. The summed E-state index contributed by atoms with van der Waals surface area (Å²) in [6, 6.07) is 2.63. The lowest BCUT2D eigenvalue weighted by molar-refractivity contribution is 0.0697. The van der Waals surface area contributed by atoms with Crippen LogP contribution in [0.15, 0.2) is 18.2 Å². The minimum absolute atomic E-state index is 0.0698. The van der Waals surface area contributed by atoms with Gasteiger partial charge in [0.05, 0.1) is 17.9 Å². The van der Waals surface area contributed by atoms with Gasteiger partial charge in [0.15, 0.2) is 0 Å². The summed E-state index contributed by atoms with van der Waals surface area (Å²) in [5.41, 5.74) is -0.709. The topological polar surface area (TPSA) is 89.9 Å². The Morgan fingerprint density at radius 2 is 2.05 bits per heavy atom. The fraction of sp³-hybridized carbons (Fsp3) is 0.385. The van der Waals surface area contributed by atoms with Crippen LogP contribution in [0.3, 0.4) is 0 Å². The maximum atomic E-state index is 13.7. The molecule has 2 amide bonds. The number of benzene rings is 1. The number of aliphatic hydroxyl groups is 1. The molecule has 1 rings (SSSR count). The van der Waals surface area contributed by atoms with Crippen molar-refractivity contribution in [2.24, 2.45) is 0 Å². The zero-order valence-electron chi connectivity index (χ0n) is 11.3. The average molecular weight is 284 g/mol. The first-order valence-corrected chi connectivity index (χ1v) is 6.08. The number of nitrogens with one attached hydrogen (secondary N) is 1. The van der Waals surface area contributed by atoms with Crippen LogP contribution < -0.4 is 5.32 Å². The number of rotatable bonds is 5. The van der Waals surface area contributed by atoms with Crippen molar-refractivity contribution in [3.8, 4) is 0 Å². The van der Waals surface area contributed by atoms with Crippen LogP contribution in [0.25, 0.3) is 0 Å². The Morgan fingerprint density at radius 3 is 2.55 bits per heavy atom. The van der Waals surface area contributed by atoms with Crippen LogP contribution in [0.1, 0.15) is 24.2 Å². The molecular formula is C13H17FN2O4. The number of carboxylic acid groups (broad SMARTS) is 1. The van der Waals surface area contributed by atoms with Crippen LogP contribution in [0, 0.1) is 5.82 Å². The Kier molecular flexibility index (Phi) is 5.45. The highest BCUT2D eigenvalue weighted by Crippen LogP contribution is 2.20. The summed E-state index contributed by atoms with van der Waals surface area (Å²) in [5, 5.41) is 20.1. The molecular weight excluding hydrogens is 267 g/mol. The molecule has 0 saturated carbocycles. The molecule has 110 valence electrons. The molecule has 1 aromatic rings. The van der Waals surface area contributed by atoms with E-state index in [1.807, 2.05) is 0 Å². The number of hydrogen-bond donors (Lipinski definition) is 3. The molecule has 0 aliphatic rings. The van der Waals surface area contributed by atoms with Crippen molar-refractivity contribution < 1.29 is 24.2 Å². The van der Waals surface area contributed by atoms with E-state index >= 15 is 0 Å². The molecule has 0 aliphatic carbocycles. The lowest BCUT2D eigenvalue weighted by atomic mass is 10.1. The van der Waals surface area contributed by atoms with Crippen molar-refractivity contribution in [3.63, 3.8) is 0 Å². The van der Waals surface area contributed by atoms with Crippen LogP contribution in [-0.2, 0) is 0 Å². The van der Waals surface area contributed by atoms with Crippen LogP contribution in [-0.4, -0.2) is 46.3 Å². The standard InChI is InChI=1S/C13H17FN2O4/c1-8(2)16(6-7-17)13(20)15-11-9(12(18)19)4-3-5-10(11)14/h3-5,8,17H,6-7H2,1-2H3,(H,15,20)(H,18,19). The van der Waals surface area contributed by atoms with E-state index in [4.69, 9.17) is 10.2 Å². The SMILES string of the molecule is CC(C)N(CCO)C(=O)Nc1c(F)cccc1C(=O)O. The van der Waals surface area contributed by atoms with E-state index in [2.05, 4.69) is 5.32 Å². The second kappa shape index (κ2) is 6.85. The Bertz CT molecular complexity index is 505. The number of para-hydroxylation sites is 1. The molecule has 0 aromatic heterocycles. The van der Waals surface area contributed by atoms with Crippen LogP contribution in [0.2, 0.25) is 0 Å². The van der Waals surface area contributed by atoms with Gasteiger partial charge in [0.25, 0.3) is 0 Å². The van der Waals surface area contributed by atoms with E-state index < -0.39 is 17.8 Å². The van der Waals surface area contributed by atoms with Crippen molar-refractivity contribution >= 4 is 17.7 Å². The summed E-state index contributed by atoms with van der Waals surface area (Å²) in [6.45, 7) is 3.29. The number of urea groups is 1. The molecule has 0 heterocycles. The third-order valence-corrected chi connectivity index (χ3v) is 2.70. The van der Waals surface area contributed by atoms with Gasteiger partial charge < -0.3 is 20.4 Å². The average Bonchev–Trinajstić information content (AvgIpc) is 2.37. The highest BCUT2D eigenvalue weighted by molar-refractivity contribution is 6.00. The fourth-order valence-corrected chi connectivity index (χ4v) is 1.71. The van der Waals surface area contributed by atoms with E-state index in [0.29, 0.717) is 0 Å². The second-order valence-corrected chi connectivity index (χ2v) is 4.41. The van der Waals surface area contributed by atoms with Crippen molar-refractivity contribution in [3.05, 3.63) is 29.6 Å². The van der Waals surface area contributed by atoms with E-state index in [1.165, 1.54) is 17.0 Å². The Hall–Kier alpha value is -2.15. The zero-order valence-corrected chi connectivity index (χ0v) is 11.3. The van der Waals surface area contributed by atoms with Crippen molar-refractivity contribution in [2.75, 3.05) is 18.5 Å². The number of amides is 2. The number of carbonyl (C=O) groups is 2. The van der Waals surface area contributed by atoms with Gasteiger partial charge >= 0.3 is 12.0 Å². The predicted octanol–water partition coefficient (Wildman–Crippen LogP) is 1.76. The van der Waals surface area contributed by atoms with Crippen molar-refractivity contribution in [1.29, 1.82) is 0 Å². The Morgan fingerprint density at radius 1 is 1.40 bits per heavy atom. The van der Waals surface area contributed by atoms with Crippen LogP contribution in [0.5, 0.6) is 0 Å². The molecule has 6 nitrogen and oxygen atoms in total. The molecule has 0 fully saturated rings. The molecule has 3 N–H and O–H groups in total. The maximum Gasteiger partial charge on any atom is 0.337 e. The third kappa shape index (κ3) is 3.67. The van der Waals surface area contributed by atoms with E-state index in [9.17, 15) is 14.0 Å². The van der Waals surface area contributed by atoms with Gasteiger partial charge in [-0.25, -0.2) is 14.0 Å². The van der Waals surface area contributed by atoms with Gasteiger partial charge in [-0.05, 0) is 26.0 Å². The molecule has 1 aromatic carbocycles. The van der Waals surface area contributed by atoms with Crippen molar-refractivity contribution in [1.82, 2.24) is 4.90 Å². The number of hydrogen-bond acceptors (Lipinski definition) is 3. The van der Waals surface area contributed by atoms with Crippen molar-refractivity contribution in [2.45, 2.75) is 19.9 Å². The number of carbonyl (C=O) groups excluding carboxylic acids is 1. The molecule has 0 aliphatic heterocycles. The summed E-state index contributed by atoms with van der Waals surface area (Å²) >= 11 is 0. The van der Waals surface area contributed by atoms with Gasteiger partial charge in [-0.1, -0.05) is 6.07 Å². The van der Waals surface area contributed by atoms with E-state index in [0.717, 1.165) is 6.07 Å². The zero-order chi connectivity index (χ0) is 15.3. The molecule has 0 radical (unpaired) electrons. The number of nitrogens with zero attached hydrogens (tertiary/aromatic N) is 1. The smallest absolute Gasteiger partial charge is 0.337 e. The van der Waals surface area contributed by atoms with Crippen LogP contribution in [0.4, 0.5) is 14.9 Å². The molecule has 0 atom stereocenters. The summed E-state index contributed by atoms with van der Waals surface area (Å²) in [6.07, 6.45) is 0. The molecule has 0 saturated heterocycles. The number of carboxylic acids is 1. The molecule has 7 heteroatoms. The monoisotopic (exact) mass is 284 g/mol. The molecule has 20 heavy (non-hydrogen) atoms. The minimum atomic E-state index is -1.34. The second-order valence-electron chi connectivity index (χ2n) is 4.41. The summed E-state index contributed by atoms with van der Waals surface area (Å²) in [5.74, 6) is -2.16. The Balaban J connectivity index is 3.03. The van der Waals surface area contributed by atoms with Gasteiger partial charge in [0.1, 0.15) is 5.82 Å². The first kappa shape index (κ1) is 15.9. The first-order chi connectivity index (χ1) is 9.38. The Labute approximate surface area is 115 Å². The summed E-state index contributed by atoms with van der Waals surface area (Å²) < 4.78 is 13.7. The fourth-order valence-electron chi connectivity index (χ4n) is 1.71. The van der Waals surface area contributed by atoms with Gasteiger partial charge in [0.2, 0.25) is 0 Å². The minimum Gasteiger partial charge on any atom is -0.478 e. The highest BCUT2D eigenvalue weighted by Gasteiger charge is 2.21. The third-order valence-electron chi connectivity index (χ3n) is 2.70. The number of aromatic carboxylic acids is 1. The van der Waals surface area contributed by atoms with Gasteiger partial charge in [0, 0.05) is 12.6 Å². The summed E-state index contributed by atoms with van der Waals surface area (Å²) in [4.78, 5) is 24.3. The quantitative estimate of drug-likeness (QED) is 0.768. The molecule has 0 bridgehead atoms. The summed E-state index contributed by atoms with van der Waals surface area (Å²) in [7, 11) is 0. The lowest BCUT2D eigenvalue weighted by Crippen LogP contribution is -2.42. The maximum absolute atomic E-state index is 13.7. The first-order valence-electron chi connectivity index (χ1n) is 6.08.